The van der Waals surface area contributed by atoms with Crippen molar-refractivity contribution in [1.29, 1.82) is 0 Å². The van der Waals surface area contributed by atoms with Crippen LogP contribution in [0.5, 0.6) is 0 Å². The number of fused-ring (bicyclic) bond motifs is 2. The summed E-state index contributed by atoms with van der Waals surface area (Å²) in [6.07, 6.45) is 4.97. The van der Waals surface area contributed by atoms with Crippen LogP contribution in [0.25, 0.3) is 22.1 Å². The van der Waals surface area contributed by atoms with Gasteiger partial charge in [-0.05, 0) is 56.2 Å². The topological polar surface area (TPSA) is 112 Å². The van der Waals surface area contributed by atoms with Crippen LogP contribution in [0, 0.1) is 18.8 Å². The lowest BCUT2D eigenvalue weighted by molar-refractivity contribution is 0.0939. The molecule has 0 unspecified atom stereocenters. The highest BCUT2D eigenvalue weighted by atomic mass is 16.2. The van der Waals surface area contributed by atoms with Gasteiger partial charge in [0.25, 0.3) is 11.5 Å². The summed E-state index contributed by atoms with van der Waals surface area (Å²) < 4.78 is 4.77. The molecule has 0 aliphatic heterocycles. The minimum Gasteiger partial charge on any atom is -0.342 e. The van der Waals surface area contributed by atoms with Crippen molar-refractivity contribution >= 4 is 22.3 Å². The Balaban J connectivity index is 1.48. The van der Waals surface area contributed by atoms with Gasteiger partial charge in [-0.1, -0.05) is 30.2 Å². The first kappa shape index (κ1) is 24.8. The van der Waals surface area contributed by atoms with Crippen LogP contribution in [0.1, 0.15) is 46.1 Å². The number of amides is 1. The van der Waals surface area contributed by atoms with Crippen molar-refractivity contribution in [3.8, 4) is 17.5 Å². The number of aryl methyl sites for hydroxylation is 2. The maximum atomic E-state index is 14.1. The number of carbonyl (C=O) groups is 1. The molecule has 6 aromatic rings. The highest BCUT2D eigenvalue weighted by Gasteiger charge is 2.24. The molecule has 0 bridgehead atoms. The molecule has 40 heavy (non-hydrogen) atoms. The third-order valence-corrected chi connectivity index (χ3v) is 6.56. The molecule has 1 N–H and O–H groups in total. The molecular formula is C30H24N8O2. The van der Waals surface area contributed by atoms with Gasteiger partial charge in [-0.15, -0.1) is 0 Å². The Bertz CT molecular complexity index is 2030. The van der Waals surface area contributed by atoms with Gasteiger partial charge < -0.3 is 5.32 Å². The average Bonchev–Trinajstić information content (AvgIpc) is 3.53. The monoisotopic (exact) mass is 528 g/mol. The summed E-state index contributed by atoms with van der Waals surface area (Å²) in [5, 5.41) is 12.1. The Labute approximate surface area is 228 Å². The fourth-order valence-electron chi connectivity index (χ4n) is 4.72. The summed E-state index contributed by atoms with van der Waals surface area (Å²) in [4.78, 5) is 36.6. The highest BCUT2D eigenvalue weighted by molar-refractivity contribution is 6.02. The van der Waals surface area contributed by atoms with E-state index in [1.807, 2.05) is 55.7 Å². The molecule has 4 heterocycles. The minimum absolute atomic E-state index is 0.281. The maximum Gasteiger partial charge on any atom is 0.267 e. The summed E-state index contributed by atoms with van der Waals surface area (Å²) in [6.45, 7) is 3.58. The second-order valence-electron chi connectivity index (χ2n) is 9.34. The van der Waals surface area contributed by atoms with E-state index in [1.54, 1.807) is 53.8 Å². The lowest BCUT2D eigenvalue weighted by atomic mass is 10.1. The van der Waals surface area contributed by atoms with E-state index in [-0.39, 0.29) is 11.5 Å². The molecule has 0 aliphatic rings. The van der Waals surface area contributed by atoms with Gasteiger partial charge in [-0.2, -0.15) is 10.2 Å². The van der Waals surface area contributed by atoms with Crippen LogP contribution < -0.4 is 10.9 Å². The average molecular weight is 529 g/mol. The van der Waals surface area contributed by atoms with Crippen molar-refractivity contribution in [2.75, 3.05) is 0 Å². The van der Waals surface area contributed by atoms with Gasteiger partial charge in [-0.3, -0.25) is 18.8 Å². The lowest BCUT2D eigenvalue weighted by Crippen LogP contribution is -2.33. The molecule has 0 radical (unpaired) electrons. The molecule has 0 fully saturated rings. The summed E-state index contributed by atoms with van der Waals surface area (Å²) >= 11 is 0. The third kappa shape index (κ3) is 4.39. The second kappa shape index (κ2) is 9.96. The normalized spacial score (nSPS) is 11.8. The van der Waals surface area contributed by atoms with E-state index < -0.39 is 6.04 Å². The largest absolute Gasteiger partial charge is 0.342 e. The molecule has 0 spiro atoms. The predicted octanol–water partition coefficient (Wildman–Crippen LogP) is 3.36. The second-order valence-corrected chi connectivity index (χ2v) is 9.34. The fourth-order valence-corrected chi connectivity index (χ4v) is 4.72. The van der Waals surface area contributed by atoms with Crippen LogP contribution in [-0.2, 0) is 7.05 Å². The van der Waals surface area contributed by atoms with Gasteiger partial charge in [0.15, 0.2) is 0 Å². The van der Waals surface area contributed by atoms with Crippen molar-refractivity contribution in [1.82, 2.24) is 39.2 Å². The van der Waals surface area contributed by atoms with E-state index in [0.717, 1.165) is 0 Å². The Morgan fingerprint density at radius 2 is 1.82 bits per heavy atom. The van der Waals surface area contributed by atoms with Gasteiger partial charge in [-0.25, -0.2) is 14.5 Å². The molecular weight excluding hydrogens is 504 g/mol. The number of carbonyl (C=O) groups excluding carboxylic acids is 1. The lowest BCUT2D eigenvalue weighted by Gasteiger charge is -2.20. The first-order valence-corrected chi connectivity index (χ1v) is 12.6. The zero-order chi connectivity index (χ0) is 27.8. The Morgan fingerprint density at radius 3 is 2.60 bits per heavy atom. The first-order valence-electron chi connectivity index (χ1n) is 12.6. The van der Waals surface area contributed by atoms with Gasteiger partial charge >= 0.3 is 0 Å². The van der Waals surface area contributed by atoms with Gasteiger partial charge in [0.05, 0.1) is 39.4 Å². The van der Waals surface area contributed by atoms with E-state index in [9.17, 15) is 9.59 Å². The van der Waals surface area contributed by atoms with Crippen LogP contribution in [0.2, 0.25) is 0 Å². The molecule has 6 rings (SSSR count). The Kier molecular flexibility index (Phi) is 6.16. The Hall–Kier alpha value is -5.56. The number of nitrogens with zero attached hydrogens (tertiary/aromatic N) is 7. The predicted molar refractivity (Wildman–Crippen MR) is 150 cm³/mol. The standard InChI is InChI=1S/C30H24N8O2/c1-19-26(25-14-16-31-18-37(25)34-19)29(39)32-20(2)28-33-24-11-7-8-21(12-13-22-15-17-36(3)35-22)27(24)30(40)38(28)23-9-5-4-6-10-23/h4-11,14-18,20H,1-3H3,(H,32,39)/t20-/m0/s1. The van der Waals surface area contributed by atoms with Gasteiger partial charge in [0.2, 0.25) is 0 Å². The minimum atomic E-state index is -0.621. The maximum absolute atomic E-state index is 14.1. The molecule has 0 saturated carbocycles. The zero-order valence-corrected chi connectivity index (χ0v) is 22.0. The van der Waals surface area contributed by atoms with Crippen LogP contribution in [-0.4, -0.2) is 39.8 Å². The van der Waals surface area contributed by atoms with Crippen LogP contribution in [0.15, 0.2) is 84.2 Å². The van der Waals surface area contributed by atoms with Crippen LogP contribution in [0.4, 0.5) is 0 Å². The third-order valence-electron chi connectivity index (χ3n) is 6.56. The Morgan fingerprint density at radius 1 is 1.00 bits per heavy atom. The first-order chi connectivity index (χ1) is 19.4. The molecule has 10 heteroatoms. The number of hydrogen-bond donors (Lipinski definition) is 1. The number of benzene rings is 2. The fraction of sp³-hybridized carbons (Fsp3) is 0.133. The molecule has 2 aromatic carbocycles. The van der Waals surface area contributed by atoms with Gasteiger partial charge in [0.1, 0.15) is 17.8 Å². The quantitative estimate of drug-likeness (QED) is 0.351. The SMILES string of the molecule is Cc1nn2cnccc2c1C(=O)N[C@@H](C)c1nc2cccc(C#Cc3ccn(C)n3)c2c(=O)n1-c1ccccc1. The smallest absolute Gasteiger partial charge is 0.267 e. The van der Waals surface area contributed by atoms with E-state index >= 15 is 0 Å². The number of nitrogens with one attached hydrogen (secondary N) is 1. The van der Waals surface area contributed by atoms with Crippen LogP contribution >= 0.6 is 0 Å². The van der Waals surface area contributed by atoms with E-state index in [1.165, 1.54) is 4.57 Å². The summed E-state index contributed by atoms with van der Waals surface area (Å²) in [7, 11) is 1.82. The number of hydrogen-bond acceptors (Lipinski definition) is 6. The van der Waals surface area contributed by atoms with E-state index in [2.05, 4.69) is 32.3 Å². The zero-order valence-electron chi connectivity index (χ0n) is 22.0. The molecule has 0 aliphatic carbocycles. The molecule has 10 nitrogen and oxygen atoms in total. The van der Waals surface area contributed by atoms with Crippen molar-refractivity contribution < 1.29 is 4.79 Å². The van der Waals surface area contributed by atoms with E-state index in [0.29, 0.717) is 50.4 Å². The molecule has 0 saturated heterocycles. The summed E-state index contributed by atoms with van der Waals surface area (Å²) in [5.41, 5.74) is 3.63. The molecule has 1 amide bonds. The summed E-state index contributed by atoms with van der Waals surface area (Å²) in [6, 6.07) is 17.5. The van der Waals surface area contributed by atoms with Gasteiger partial charge in [0, 0.05) is 25.0 Å². The number of rotatable bonds is 4. The highest BCUT2D eigenvalue weighted by Crippen LogP contribution is 2.22. The molecule has 196 valence electrons. The number of aromatic nitrogens is 7. The van der Waals surface area contributed by atoms with E-state index in [4.69, 9.17) is 4.98 Å². The van der Waals surface area contributed by atoms with Crippen molar-refractivity contribution in [3.63, 3.8) is 0 Å². The summed E-state index contributed by atoms with van der Waals surface area (Å²) in [5.74, 6) is 6.20. The molecule has 1 atom stereocenters. The molecule has 4 aromatic heterocycles. The van der Waals surface area contributed by atoms with Crippen LogP contribution in [0.3, 0.4) is 0 Å². The van der Waals surface area contributed by atoms with Crippen molar-refractivity contribution in [2.45, 2.75) is 19.9 Å². The van der Waals surface area contributed by atoms with Crippen molar-refractivity contribution in [2.24, 2.45) is 7.05 Å². The van der Waals surface area contributed by atoms with Crippen molar-refractivity contribution in [3.05, 3.63) is 118 Å². The number of para-hydroxylation sites is 1.